The Hall–Kier alpha value is -3.20. The molecule has 0 bridgehead atoms. The highest BCUT2D eigenvalue weighted by Gasteiger charge is 2.47. The van der Waals surface area contributed by atoms with Crippen LogP contribution in [-0.2, 0) is 12.1 Å². The number of rotatable bonds is 7. The summed E-state index contributed by atoms with van der Waals surface area (Å²) < 4.78 is 2.06. The second kappa shape index (κ2) is 8.30. The first-order valence-corrected chi connectivity index (χ1v) is 11.6. The monoisotopic (exact) mass is 466 g/mol. The Morgan fingerprint density at radius 2 is 1.94 bits per heavy atom. The van der Waals surface area contributed by atoms with Gasteiger partial charge in [0.2, 0.25) is 11.9 Å². The van der Waals surface area contributed by atoms with Crippen LogP contribution in [-0.4, -0.2) is 55.1 Å². The lowest BCUT2D eigenvalue weighted by molar-refractivity contribution is 0.229. The zero-order valence-electron chi connectivity index (χ0n) is 19.0. The normalized spacial score (nSPS) is 19.3. The van der Waals surface area contributed by atoms with Crippen LogP contribution in [0.3, 0.4) is 0 Å². The van der Waals surface area contributed by atoms with Gasteiger partial charge in [0.25, 0.3) is 0 Å². The number of carbonyl (C=O) groups excluding carboxylic acids is 1. The van der Waals surface area contributed by atoms with Crippen LogP contribution in [0.15, 0.2) is 36.8 Å². The van der Waals surface area contributed by atoms with Crippen LogP contribution in [0, 0.1) is 6.92 Å². The van der Waals surface area contributed by atoms with E-state index in [0.717, 1.165) is 42.1 Å². The smallest absolute Gasteiger partial charge is 0.327 e. The maximum atomic E-state index is 12.7. The van der Waals surface area contributed by atoms with Crippen molar-refractivity contribution in [2.24, 2.45) is 0 Å². The molecule has 9 nitrogen and oxygen atoms in total. The van der Waals surface area contributed by atoms with Gasteiger partial charge in [-0.1, -0.05) is 30.7 Å². The van der Waals surface area contributed by atoms with Crippen molar-refractivity contribution in [2.45, 2.75) is 51.2 Å². The molecule has 3 aromatic rings. The molecule has 1 saturated heterocycles. The third kappa shape index (κ3) is 4.25. The molecule has 1 aliphatic heterocycles. The van der Waals surface area contributed by atoms with E-state index in [9.17, 15) is 4.79 Å². The Morgan fingerprint density at radius 1 is 1.18 bits per heavy atom. The fourth-order valence-corrected chi connectivity index (χ4v) is 4.41. The molecule has 2 aliphatic rings. The number of nitrogens with one attached hydrogen (secondary N) is 1. The summed E-state index contributed by atoms with van der Waals surface area (Å²) in [6, 6.07) is 7.79. The summed E-state index contributed by atoms with van der Waals surface area (Å²) in [6.45, 7) is 5.27. The first kappa shape index (κ1) is 21.6. The maximum Gasteiger partial charge on any atom is 0.327 e. The third-order valence-electron chi connectivity index (χ3n) is 6.31. The van der Waals surface area contributed by atoms with E-state index in [-0.39, 0.29) is 17.6 Å². The zero-order chi connectivity index (χ0) is 23.2. The van der Waals surface area contributed by atoms with E-state index in [1.807, 2.05) is 37.5 Å². The molecule has 1 aromatic carbocycles. The fraction of sp³-hybridized carbons (Fsp3) is 0.435. The molecule has 1 saturated carbocycles. The van der Waals surface area contributed by atoms with Crippen molar-refractivity contribution in [3.05, 3.63) is 58.9 Å². The van der Waals surface area contributed by atoms with Gasteiger partial charge in [-0.3, -0.25) is 4.90 Å². The highest BCUT2D eigenvalue weighted by Crippen LogP contribution is 2.47. The zero-order valence-corrected chi connectivity index (χ0v) is 19.7. The SMILES string of the molecule is CC[C@H]1CN(C)C(=O)N1c1nc(C)nc(NC2(c3cn(Cc4ccc(Cl)cc4)cn3)CC2)n1. The van der Waals surface area contributed by atoms with Crippen LogP contribution < -0.4 is 10.2 Å². The highest BCUT2D eigenvalue weighted by atomic mass is 35.5. The van der Waals surface area contributed by atoms with E-state index in [0.29, 0.717) is 24.3 Å². The Balaban J connectivity index is 1.36. The van der Waals surface area contributed by atoms with Gasteiger partial charge in [0, 0.05) is 31.4 Å². The summed E-state index contributed by atoms with van der Waals surface area (Å²) in [6.07, 6.45) is 6.62. The van der Waals surface area contributed by atoms with E-state index in [2.05, 4.69) is 42.9 Å². The van der Waals surface area contributed by atoms with Crippen molar-refractivity contribution in [2.75, 3.05) is 23.8 Å². The number of benzene rings is 1. The van der Waals surface area contributed by atoms with Crippen LogP contribution >= 0.6 is 11.6 Å². The molecule has 2 fully saturated rings. The minimum atomic E-state index is -0.299. The lowest BCUT2D eigenvalue weighted by Crippen LogP contribution is -2.36. The molecule has 1 aliphatic carbocycles. The van der Waals surface area contributed by atoms with Gasteiger partial charge < -0.3 is 14.8 Å². The summed E-state index contributed by atoms with van der Waals surface area (Å²) in [5.74, 6) is 1.44. The van der Waals surface area contributed by atoms with E-state index in [1.54, 1.807) is 16.8 Å². The van der Waals surface area contributed by atoms with E-state index in [4.69, 9.17) is 11.6 Å². The number of likely N-dealkylation sites (N-methyl/N-ethyl adjacent to an activating group) is 1. The number of imidazole rings is 1. The van der Waals surface area contributed by atoms with E-state index < -0.39 is 0 Å². The van der Waals surface area contributed by atoms with E-state index >= 15 is 0 Å². The Bertz CT molecular complexity index is 1170. The highest BCUT2D eigenvalue weighted by molar-refractivity contribution is 6.30. The van der Waals surface area contributed by atoms with Gasteiger partial charge >= 0.3 is 6.03 Å². The topological polar surface area (TPSA) is 92.1 Å². The first-order valence-electron chi connectivity index (χ1n) is 11.2. The summed E-state index contributed by atoms with van der Waals surface area (Å²) in [7, 11) is 1.80. The van der Waals surface area contributed by atoms with Crippen LogP contribution in [0.5, 0.6) is 0 Å². The van der Waals surface area contributed by atoms with Gasteiger partial charge in [0.05, 0.1) is 23.6 Å². The first-order chi connectivity index (χ1) is 15.9. The average Bonchev–Trinajstić information content (AvgIpc) is 3.29. The average molecular weight is 467 g/mol. The van der Waals surface area contributed by atoms with Crippen LogP contribution in [0.4, 0.5) is 16.7 Å². The molecule has 33 heavy (non-hydrogen) atoms. The van der Waals surface area contributed by atoms with Gasteiger partial charge in [0.15, 0.2) is 0 Å². The van der Waals surface area contributed by atoms with Crippen molar-refractivity contribution < 1.29 is 4.79 Å². The van der Waals surface area contributed by atoms with Gasteiger partial charge in [-0.25, -0.2) is 9.78 Å². The van der Waals surface area contributed by atoms with Gasteiger partial charge in [-0.05, 0) is 43.9 Å². The molecule has 0 radical (unpaired) electrons. The number of aryl methyl sites for hydroxylation is 1. The van der Waals surface area contributed by atoms with Crippen molar-refractivity contribution >= 4 is 29.5 Å². The molecule has 3 heterocycles. The van der Waals surface area contributed by atoms with Gasteiger partial charge in [-0.15, -0.1) is 0 Å². The molecule has 1 atom stereocenters. The molecular formula is C23H27ClN8O. The second-order valence-corrected chi connectivity index (χ2v) is 9.30. The van der Waals surface area contributed by atoms with Crippen LogP contribution in [0.25, 0.3) is 0 Å². The van der Waals surface area contributed by atoms with E-state index in [1.165, 1.54) is 0 Å². The number of hydrogen-bond donors (Lipinski definition) is 1. The lowest BCUT2D eigenvalue weighted by atomic mass is 10.2. The standard InChI is InChI=1S/C23H27ClN8O/c1-4-18-12-30(3)22(33)32(18)21-27-15(2)26-20(28-21)29-23(9-10-23)19-13-31(14-25-19)11-16-5-7-17(24)8-6-16/h5-8,13-14,18H,4,9-12H2,1-3H3,(H,26,27,28,29)/t18-/m0/s1. The number of anilines is 2. The van der Waals surface area contributed by atoms with Crippen molar-refractivity contribution in [3.63, 3.8) is 0 Å². The van der Waals surface area contributed by atoms with Crippen LogP contribution in [0.2, 0.25) is 5.02 Å². The quantitative estimate of drug-likeness (QED) is 0.569. The van der Waals surface area contributed by atoms with Crippen molar-refractivity contribution in [1.29, 1.82) is 0 Å². The maximum absolute atomic E-state index is 12.7. The molecule has 0 unspecified atom stereocenters. The van der Waals surface area contributed by atoms with Gasteiger partial charge in [-0.2, -0.15) is 15.0 Å². The third-order valence-corrected chi connectivity index (χ3v) is 6.56. The minimum absolute atomic E-state index is 0.0515. The van der Waals surface area contributed by atoms with Crippen molar-refractivity contribution in [1.82, 2.24) is 29.4 Å². The summed E-state index contributed by atoms with van der Waals surface area (Å²) >= 11 is 5.99. The molecule has 5 rings (SSSR count). The number of aromatic nitrogens is 5. The second-order valence-electron chi connectivity index (χ2n) is 8.87. The Morgan fingerprint density at radius 3 is 2.64 bits per heavy atom. The van der Waals surface area contributed by atoms with Crippen molar-refractivity contribution in [3.8, 4) is 0 Å². The van der Waals surface area contributed by atoms with Crippen LogP contribution in [0.1, 0.15) is 43.3 Å². The Kier molecular flexibility index (Phi) is 5.44. The van der Waals surface area contributed by atoms with Gasteiger partial charge in [0.1, 0.15) is 5.82 Å². The molecule has 10 heteroatoms. The summed E-state index contributed by atoms with van der Waals surface area (Å²) in [5, 5.41) is 4.21. The Labute approximate surface area is 197 Å². The summed E-state index contributed by atoms with van der Waals surface area (Å²) in [5.41, 5.74) is 1.82. The molecule has 0 spiro atoms. The molecule has 1 N–H and O–H groups in total. The number of carbonyl (C=O) groups is 1. The molecule has 2 aromatic heterocycles. The fourth-order valence-electron chi connectivity index (χ4n) is 4.29. The summed E-state index contributed by atoms with van der Waals surface area (Å²) in [4.78, 5) is 34.3. The predicted octanol–water partition coefficient (Wildman–Crippen LogP) is 3.83. The number of halogens is 1. The predicted molar refractivity (Wildman–Crippen MR) is 126 cm³/mol. The largest absolute Gasteiger partial charge is 0.343 e. The number of nitrogens with zero attached hydrogens (tertiary/aromatic N) is 7. The lowest BCUT2D eigenvalue weighted by Gasteiger charge is -2.21. The number of hydrogen-bond acceptors (Lipinski definition) is 6. The molecule has 2 amide bonds. The molecular weight excluding hydrogens is 440 g/mol. The number of amides is 2. The minimum Gasteiger partial charge on any atom is -0.343 e. The molecule has 172 valence electrons. The number of urea groups is 1.